The summed E-state index contributed by atoms with van der Waals surface area (Å²) < 4.78 is 0. The van der Waals surface area contributed by atoms with Crippen molar-refractivity contribution in [3.05, 3.63) is 69.7 Å². The Morgan fingerprint density at radius 2 is 1.56 bits per heavy atom. The molecule has 2 rings (SSSR count). The maximum atomic E-state index is 5.91. The lowest BCUT2D eigenvalue weighted by molar-refractivity contribution is 0.0235. The highest BCUT2D eigenvalue weighted by atomic mass is 35.5. The number of nitrogens with one attached hydrogen (secondary N) is 1. The minimum atomic E-state index is 0.523. The van der Waals surface area contributed by atoms with Crippen LogP contribution in [0.5, 0.6) is 0 Å². The number of halogens is 2. The van der Waals surface area contributed by atoms with Crippen LogP contribution < -0.4 is 5.48 Å². The molecule has 2 aromatic carbocycles. The van der Waals surface area contributed by atoms with E-state index in [0.717, 1.165) is 11.1 Å². The van der Waals surface area contributed by atoms with Crippen molar-refractivity contribution in [1.29, 1.82) is 0 Å². The van der Waals surface area contributed by atoms with Crippen LogP contribution in [-0.4, -0.2) is 0 Å². The second-order valence-corrected chi connectivity index (χ2v) is 4.75. The van der Waals surface area contributed by atoms with Crippen molar-refractivity contribution in [1.82, 2.24) is 5.48 Å². The highest BCUT2D eigenvalue weighted by Gasteiger charge is 1.98. The second-order valence-electron chi connectivity index (χ2n) is 3.87. The molecule has 0 bridgehead atoms. The standard InChI is InChI=1S/C14H13Cl2NO/c15-13-6-12(7-14(16)8-13)9-17-18-10-11-4-2-1-3-5-11/h1-8,17H,9-10H2. The molecule has 0 saturated carbocycles. The van der Waals surface area contributed by atoms with Crippen LogP contribution in [0.4, 0.5) is 0 Å². The van der Waals surface area contributed by atoms with E-state index in [4.69, 9.17) is 28.0 Å². The van der Waals surface area contributed by atoms with E-state index in [1.807, 2.05) is 42.5 Å². The molecule has 0 saturated heterocycles. The van der Waals surface area contributed by atoms with Crippen molar-refractivity contribution < 1.29 is 4.84 Å². The third-order valence-electron chi connectivity index (χ3n) is 2.38. The first kappa shape index (κ1) is 13.4. The second kappa shape index (κ2) is 6.76. The molecule has 0 atom stereocenters. The summed E-state index contributed by atoms with van der Waals surface area (Å²) in [5.41, 5.74) is 4.99. The number of benzene rings is 2. The van der Waals surface area contributed by atoms with Gasteiger partial charge in [-0.3, -0.25) is 4.84 Å². The summed E-state index contributed by atoms with van der Waals surface area (Å²) in [6.45, 7) is 1.09. The van der Waals surface area contributed by atoms with Crippen molar-refractivity contribution >= 4 is 23.2 Å². The molecular formula is C14H13Cl2NO. The Morgan fingerprint density at radius 3 is 2.22 bits per heavy atom. The van der Waals surface area contributed by atoms with Crippen molar-refractivity contribution in [3.63, 3.8) is 0 Å². The van der Waals surface area contributed by atoms with E-state index >= 15 is 0 Å². The van der Waals surface area contributed by atoms with Crippen LogP contribution in [-0.2, 0) is 18.0 Å². The van der Waals surface area contributed by atoms with Gasteiger partial charge in [-0.25, -0.2) is 0 Å². The van der Waals surface area contributed by atoms with Gasteiger partial charge < -0.3 is 0 Å². The van der Waals surface area contributed by atoms with Gasteiger partial charge in [0.25, 0.3) is 0 Å². The fourth-order valence-corrected chi connectivity index (χ4v) is 2.13. The first-order valence-electron chi connectivity index (χ1n) is 5.57. The summed E-state index contributed by atoms with van der Waals surface area (Å²) in [6.07, 6.45) is 0. The summed E-state index contributed by atoms with van der Waals surface area (Å²) in [5, 5.41) is 1.25. The van der Waals surface area contributed by atoms with E-state index in [-0.39, 0.29) is 0 Å². The Labute approximate surface area is 116 Å². The minimum absolute atomic E-state index is 0.523. The van der Waals surface area contributed by atoms with Crippen molar-refractivity contribution in [3.8, 4) is 0 Å². The summed E-state index contributed by atoms with van der Waals surface area (Å²) in [4.78, 5) is 5.37. The highest BCUT2D eigenvalue weighted by molar-refractivity contribution is 6.34. The van der Waals surface area contributed by atoms with Crippen LogP contribution >= 0.6 is 23.2 Å². The zero-order chi connectivity index (χ0) is 12.8. The van der Waals surface area contributed by atoms with Gasteiger partial charge in [0.15, 0.2) is 0 Å². The van der Waals surface area contributed by atoms with Gasteiger partial charge >= 0.3 is 0 Å². The molecule has 2 nitrogen and oxygen atoms in total. The quantitative estimate of drug-likeness (QED) is 0.655. The van der Waals surface area contributed by atoms with Gasteiger partial charge in [0.1, 0.15) is 0 Å². The monoisotopic (exact) mass is 281 g/mol. The largest absolute Gasteiger partial charge is 0.297 e. The molecule has 0 aliphatic rings. The van der Waals surface area contributed by atoms with Gasteiger partial charge in [-0.1, -0.05) is 53.5 Å². The zero-order valence-corrected chi connectivity index (χ0v) is 11.2. The van der Waals surface area contributed by atoms with Crippen LogP contribution in [0.15, 0.2) is 48.5 Å². The lowest BCUT2D eigenvalue weighted by Crippen LogP contribution is -2.13. The molecule has 0 aromatic heterocycles. The molecule has 4 heteroatoms. The van der Waals surface area contributed by atoms with Gasteiger partial charge in [-0.2, -0.15) is 5.48 Å². The molecule has 1 N–H and O–H groups in total. The van der Waals surface area contributed by atoms with E-state index < -0.39 is 0 Å². The average molecular weight is 282 g/mol. The number of rotatable bonds is 5. The molecule has 0 fully saturated rings. The van der Waals surface area contributed by atoms with Crippen LogP contribution in [0.3, 0.4) is 0 Å². The third kappa shape index (κ3) is 4.31. The maximum Gasteiger partial charge on any atom is 0.0933 e. The Hall–Kier alpha value is -1.06. The molecular weight excluding hydrogens is 269 g/mol. The van der Waals surface area contributed by atoms with Crippen LogP contribution in [0, 0.1) is 0 Å². The molecule has 0 spiro atoms. The van der Waals surface area contributed by atoms with Crippen molar-refractivity contribution in [2.45, 2.75) is 13.2 Å². The van der Waals surface area contributed by atoms with E-state index in [0.29, 0.717) is 23.2 Å². The molecule has 94 valence electrons. The summed E-state index contributed by atoms with van der Waals surface area (Å²) >= 11 is 11.8. The summed E-state index contributed by atoms with van der Waals surface area (Å²) in [6, 6.07) is 15.4. The number of hydroxylamine groups is 1. The number of hydrogen-bond donors (Lipinski definition) is 1. The van der Waals surface area contributed by atoms with Crippen molar-refractivity contribution in [2.24, 2.45) is 0 Å². The van der Waals surface area contributed by atoms with Gasteiger partial charge in [0.2, 0.25) is 0 Å². The van der Waals surface area contributed by atoms with Gasteiger partial charge in [0, 0.05) is 16.6 Å². The summed E-state index contributed by atoms with van der Waals surface area (Å²) in [5.74, 6) is 0. The first-order chi connectivity index (χ1) is 8.74. The Balaban J connectivity index is 1.78. The molecule has 0 radical (unpaired) electrons. The molecule has 0 aliphatic heterocycles. The lowest BCUT2D eigenvalue weighted by atomic mass is 10.2. The maximum absolute atomic E-state index is 5.91. The average Bonchev–Trinajstić information content (AvgIpc) is 2.35. The Kier molecular flexibility index (Phi) is 5.02. The van der Waals surface area contributed by atoms with Crippen LogP contribution in [0.25, 0.3) is 0 Å². The predicted molar refractivity (Wildman–Crippen MR) is 74.5 cm³/mol. The fraction of sp³-hybridized carbons (Fsp3) is 0.143. The molecule has 18 heavy (non-hydrogen) atoms. The van der Waals surface area contributed by atoms with E-state index in [1.165, 1.54) is 0 Å². The molecule has 0 aliphatic carbocycles. The molecule has 2 aromatic rings. The molecule has 0 unspecified atom stereocenters. The SMILES string of the molecule is Clc1cc(Cl)cc(CNOCc2ccccc2)c1. The van der Waals surface area contributed by atoms with E-state index in [2.05, 4.69) is 5.48 Å². The minimum Gasteiger partial charge on any atom is -0.297 e. The van der Waals surface area contributed by atoms with Crippen molar-refractivity contribution in [2.75, 3.05) is 0 Å². The fourth-order valence-electron chi connectivity index (χ4n) is 1.56. The lowest BCUT2D eigenvalue weighted by Gasteiger charge is -2.07. The summed E-state index contributed by atoms with van der Waals surface area (Å²) in [7, 11) is 0. The van der Waals surface area contributed by atoms with Crippen LogP contribution in [0.2, 0.25) is 10.0 Å². The first-order valence-corrected chi connectivity index (χ1v) is 6.33. The Morgan fingerprint density at radius 1 is 0.889 bits per heavy atom. The zero-order valence-electron chi connectivity index (χ0n) is 9.70. The third-order valence-corrected chi connectivity index (χ3v) is 2.82. The normalized spacial score (nSPS) is 10.6. The molecule has 0 heterocycles. The van der Waals surface area contributed by atoms with Gasteiger partial charge in [-0.15, -0.1) is 0 Å². The predicted octanol–water partition coefficient (Wildman–Crippen LogP) is 4.21. The topological polar surface area (TPSA) is 21.3 Å². The van der Waals surface area contributed by atoms with Gasteiger partial charge in [-0.05, 0) is 29.3 Å². The molecule has 0 amide bonds. The highest BCUT2D eigenvalue weighted by Crippen LogP contribution is 2.18. The number of hydrogen-bond acceptors (Lipinski definition) is 2. The van der Waals surface area contributed by atoms with Crippen LogP contribution in [0.1, 0.15) is 11.1 Å². The Bertz CT molecular complexity index is 482. The smallest absolute Gasteiger partial charge is 0.0933 e. The van der Waals surface area contributed by atoms with Gasteiger partial charge in [0.05, 0.1) is 6.61 Å². The van der Waals surface area contributed by atoms with E-state index in [9.17, 15) is 0 Å². The van der Waals surface area contributed by atoms with E-state index in [1.54, 1.807) is 6.07 Å².